The minimum absolute atomic E-state index is 0.0700. The first-order chi connectivity index (χ1) is 16.1. The van der Waals surface area contributed by atoms with Crippen molar-refractivity contribution in [3.05, 3.63) is 64.4 Å². The van der Waals surface area contributed by atoms with E-state index in [-0.39, 0.29) is 17.4 Å². The maximum Gasteiger partial charge on any atom is 0.310 e. The number of fused-ring (bicyclic) bond motifs is 1. The van der Waals surface area contributed by atoms with E-state index in [1.807, 2.05) is 50.2 Å². The van der Waals surface area contributed by atoms with E-state index in [9.17, 15) is 9.59 Å². The number of esters is 1. The van der Waals surface area contributed by atoms with Gasteiger partial charge in [-0.15, -0.1) is 0 Å². The molecule has 0 bridgehead atoms. The Morgan fingerprint density at radius 1 is 1.12 bits per heavy atom. The van der Waals surface area contributed by atoms with Crippen LogP contribution in [0, 0.1) is 5.92 Å². The number of nitrogens with zero attached hydrogens (tertiary/aromatic N) is 1. The molecule has 0 aliphatic carbocycles. The average Bonchev–Trinajstić information content (AvgIpc) is 2.84. The molecule has 2 heterocycles. The fourth-order valence-electron chi connectivity index (χ4n) is 4.27. The zero-order valence-electron chi connectivity index (χ0n) is 19.2. The highest BCUT2D eigenvalue weighted by Crippen LogP contribution is 2.26. The number of carbonyl (C=O) groups excluding carboxylic acids is 1. The van der Waals surface area contributed by atoms with Gasteiger partial charge in [0.1, 0.15) is 5.75 Å². The first-order valence-corrected chi connectivity index (χ1v) is 11.6. The molecule has 1 aromatic heterocycles. The maximum atomic E-state index is 12.5. The first kappa shape index (κ1) is 22.7. The summed E-state index contributed by atoms with van der Waals surface area (Å²) in [5.41, 5.74) is 3.36. The molecule has 2 aromatic carbocycles. The number of anilines is 2. The van der Waals surface area contributed by atoms with Gasteiger partial charge in [0, 0.05) is 47.5 Å². The molecule has 1 aliphatic heterocycles. The summed E-state index contributed by atoms with van der Waals surface area (Å²) in [6.07, 6.45) is 1.85. The van der Waals surface area contributed by atoms with E-state index >= 15 is 0 Å². The number of benzene rings is 2. The van der Waals surface area contributed by atoms with Gasteiger partial charge in [0.25, 0.3) is 5.56 Å². The summed E-state index contributed by atoms with van der Waals surface area (Å²) in [6, 6.07) is 15.7. The Morgan fingerprint density at radius 3 is 2.70 bits per heavy atom. The third-order valence-corrected chi connectivity index (χ3v) is 5.96. The Kier molecular flexibility index (Phi) is 7.17. The van der Waals surface area contributed by atoms with Gasteiger partial charge >= 0.3 is 5.97 Å². The van der Waals surface area contributed by atoms with E-state index in [0.717, 1.165) is 47.4 Å². The molecule has 1 atom stereocenters. The average molecular weight is 450 g/mol. The summed E-state index contributed by atoms with van der Waals surface area (Å²) >= 11 is 0. The third-order valence-electron chi connectivity index (χ3n) is 5.96. The highest BCUT2D eigenvalue weighted by molar-refractivity contribution is 5.80. The van der Waals surface area contributed by atoms with Crippen LogP contribution in [0.5, 0.6) is 5.75 Å². The number of aromatic nitrogens is 1. The number of hydrogen-bond donors (Lipinski definition) is 2. The molecule has 4 rings (SSSR count). The van der Waals surface area contributed by atoms with Crippen LogP contribution in [0.1, 0.15) is 32.3 Å². The van der Waals surface area contributed by atoms with Crippen LogP contribution in [0.3, 0.4) is 0 Å². The zero-order chi connectivity index (χ0) is 23.2. The summed E-state index contributed by atoms with van der Waals surface area (Å²) in [4.78, 5) is 29.8. The van der Waals surface area contributed by atoms with Crippen molar-refractivity contribution in [1.82, 2.24) is 4.98 Å². The van der Waals surface area contributed by atoms with E-state index in [1.54, 1.807) is 0 Å². The van der Waals surface area contributed by atoms with Crippen molar-refractivity contribution in [2.45, 2.75) is 33.2 Å². The SMILES string of the molecule is CCOC(=O)[C@H]1CCCN(c2ccc(NCc3cc4cc(OCC)ccc4[nH]c3=O)cc2)C1. The van der Waals surface area contributed by atoms with E-state index in [1.165, 1.54) is 0 Å². The molecule has 33 heavy (non-hydrogen) atoms. The van der Waals surface area contributed by atoms with Gasteiger partial charge < -0.3 is 24.7 Å². The Balaban J connectivity index is 1.41. The number of ether oxygens (including phenoxy) is 2. The van der Waals surface area contributed by atoms with E-state index in [0.29, 0.717) is 31.9 Å². The second kappa shape index (κ2) is 10.4. The number of pyridine rings is 1. The lowest BCUT2D eigenvalue weighted by Crippen LogP contribution is -2.39. The third kappa shape index (κ3) is 5.48. The standard InChI is InChI=1S/C26H31N3O4/c1-3-32-23-11-12-24-19(15-23)14-20(25(30)28-24)16-27-21-7-9-22(10-8-21)29-13-5-6-18(17-29)26(31)33-4-2/h7-12,14-15,18,27H,3-6,13,16-17H2,1-2H3,(H,28,30)/t18-/m0/s1. The van der Waals surface area contributed by atoms with Gasteiger partial charge in [0.15, 0.2) is 0 Å². The van der Waals surface area contributed by atoms with Gasteiger partial charge in [0.2, 0.25) is 0 Å². The van der Waals surface area contributed by atoms with Crippen LogP contribution in [0.25, 0.3) is 10.9 Å². The van der Waals surface area contributed by atoms with Gasteiger partial charge in [-0.2, -0.15) is 0 Å². The molecule has 0 unspecified atom stereocenters. The monoisotopic (exact) mass is 449 g/mol. The number of rotatable bonds is 8. The lowest BCUT2D eigenvalue weighted by molar-refractivity contribution is -0.148. The van der Waals surface area contributed by atoms with E-state index < -0.39 is 0 Å². The van der Waals surface area contributed by atoms with Crippen molar-refractivity contribution in [2.75, 3.05) is 36.5 Å². The van der Waals surface area contributed by atoms with E-state index in [4.69, 9.17) is 9.47 Å². The van der Waals surface area contributed by atoms with Gasteiger partial charge in [-0.25, -0.2) is 0 Å². The van der Waals surface area contributed by atoms with Crippen molar-refractivity contribution >= 4 is 28.2 Å². The maximum absolute atomic E-state index is 12.5. The van der Waals surface area contributed by atoms with Crippen LogP contribution in [-0.2, 0) is 16.1 Å². The minimum Gasteiger partial charge on any atom is -0.494 e. The smallest absolute Gasteiger partial charge is 0.310 e. The van der Waals surface area contributed by atoms with Crippen molar-refractivity contribution < 1.29 is 14.3 Å². The Labute approximate surface area is 193 Å². The summed E-state index contributed by atoms with van der Waals surface area (Å²) in [5, 5.41) is 4.28. The molecule has 174 valence electrons. The second-order valence-electron chi connectivity index (χ2n) is 8.24. The summed E-state index contributed by atoms with van der Waals surface area (Å²) < 4.78 is 10.8. The molecule has 0 radical (unpaired) electrons. The van der Waals surface area contributed by atoms with Gasteiger partial charge in [0.05, 0.1) is 19.1 Å². The van der Waals surface area contributed by atoms with Gasteiger partial charge in [-0.1, -0.05) is 0 Å². The fourth-order valence-corrected chi connectivity index (χ4v) is 4.27. The van der Waals surface area contributed by atoms with Crippen molar-refractivity contribution in [2.24, 2.45) is 5.92 Å². The van der Waals surface area contributed by atoms with Crippen LogP contribution >= 0.6 is 0 Å². The Morgan fingerprint density at radius 2 is 1.94 bits per heavy atom. The van der Waals surface area contributed by atoms with Gasteiger partial charge in [-0.3, -0.25) is 9.59 Å². The summed E-state index contributed by atoms with van der Waals surface area (Å²) in [6.45, 7) is 6.83. The molecule has 1 aliphatic rings. The zero-order valence-corrected chi connectivity index (χ0v) is 19.2. The molecular weight excluding hydrogens is 418 g/mol. The molecule has 7 nitrogen and oxygen atoms in total. The Bertz CT molecular complexity index is 1160. The quantitative estimate of drug-likeness (QED) is 0.499. The van der Waals surface area contributed by atoms with Crippen LogP contribution in [0.2, 0.25) is 0 Å². The number of piperidine rings is 1. The summed E-state index contributed by atoms with van der Waals surface area (Å²) in [7, 11) is 0. The molecule has 0 amide bonds. The highest BCUT2D eigenvalue weighted by Gasteiger charge is 2.26. The minimum atomic E-state index is -0.103. The number of carbonyl (C=O) groups is 1. The van der Waals surface area contributed by atoms with E-state index in [2.05, 4.69) is 27.3 Å². The molecule has 3 aromatic rings. The van der Waals surface area contributed by atoms with Crippen molar-refractivity contribution in [3.8, 4) is 5.75 Å². The van der Waals surface area contributed by atoms with Gasteiger partial charge in [-0.05, 0) is 75.2 Å². The number of hydrogen-bond acceptors (Lipinski definition) is 6. The fraction of sp³-hybridized carbons (Fsp3) is 0.385. The molecule has 2 N–H and O–H groups in total. The normalized spacial score (nSPS) is 15.9. The topological polar surface area (TPSA) is 83.7 Å². The molecule has 1 fully saturated rings. The predicted molar refractivity (Wildman–Crippen MR) is 131 cm³/mol. The predicted octanol–water partition coefficient (Wildman–Crippen LogP) is 4.32. The molecule has 7 heteroatoms. The van der Waals surface area contributed by atoms with Crippen molar-refractivity contribution in [1.29, 1.82) is 0 Å². The molecule has 1 saturated heterocycles. The largest absolute Gasteiger partial charge is 0.494 e. The lowest BCUT2D eigenvalue weighted by Gasteiger charge is -2.33. The van der Waals surface area contributed by atoms with Crippen LogP contribution in [0.15, 0.2) is 53.3 Å². The molecule has 0 spiro atoms. The number of nitrogens with one attached hydrogen (secondary N) is 2. The first-order valence-electron chi connectivity index (χ1n) is 11.6. The van der Waals surface area contributed by atoms with Crippen LogP contribution in [0.4, 0.5) is 11.4 Å². The van der Waals surface area contributed by atoms with Crippen LogP contribution < -0.4 is 20.5 Å². The lowest BCUT2D eigenvalue weighted by atomic mass is 9.97. The summed E-state index contributed by atoms with van der Waals surface area (Å²) in [5.74, 6) is 0.614. The highest BCUT2D eigenvalue weighted by atomic mass is 16.5. The number of aromatic amines is 1. The van der Waals surface area contributed by atoms with Crippen LogP contribution in [-0.4, -0.2) is 37.3 Å². The molecular formula is C26H31N3O4. The number of H-pyrrole nitrogens is 1. The Hall–Kier alpha value is -3.48. The second-order valence-corrected chi connectivity index (χ2v) is 8.24. The molecule has 0 saturated carbocycles. The van der Waals surface area contributed by atoms with Crippen molar-refractivity contribution in [3.63, 3.8) is 0 Å².